The number of nitrogens with one attached hydrogen (secondary N) is 1. The van der Waals surface area contributed by atoms with Crippen molar-refractivity contribution in [3.05, 3.63) is 24.0 Å². The molecule has 18 heavy (non-hydrogen) atoms. The highest BCUT2D eigenvalue weighted by Gasteiger charge is 2.10. The number of aromatic amines is 1. The summed E-state index contributed by atoms with van der Waals surface area (Å²) in [5.74, 6) is -0.286. The van der Waals surface area contributed by atoms with E-state index in [9.17, 15) is 4.39 Å². The van der Waals surface area contributed by atoms with Crippen molar-refractivity contribution in [3.63, 3.8) is 0 Å². The lowest BCUT2D eigenvalue weighted by Gasteiger charge is -2.00. The second kappa shape index (κ2) is 4.20. The van der Waals surface area contributed by atoms with E-state index < -0.39 is 0 Å². The molecule has 6 heteroatoms. The molecule has 0 spiro atoms. The number of H-pyrrole nitrogens is 1. The molecule has 0 aliphatic carbocycles. The summed E-state index contributed by atoms with van der Waals surface area (Å²) in [7, 11) is 0. The van der Waals surface area contributed by atoms with Crippen LogP contribution in [0.25, 0.3) is 22.1 Å². The standard InChI is InChI=1S/C12H11FN4S/c1-6(2)18-12-15-11-10(16-17-12)8-5-7(13)3-4-9(8)14-11/h3-6H,1-2H3,(H,14,15,17). The van der Waals surface area contributed by atoms with E-state index in [1.807, 2.05) is 0 Å². The second-order valence-electron chi connectivity index (χ2n) is 4.27. The topological polar surface area (TPSA) is 54.5 Å². The van der Waals surface area contributed by atoms with Crippen LogP contribution in [0.3, 0.4) is 0 Å². The first-order chi connectivity index (χ1) is 8.63. The Bertz CT molecular complexity index is 722. The predicted molar refractivity (Wildman–Crippen MR) is 70.1 cm³/mol. The number of fused-ring (bicyclic) bond motifs is 3. The van der Waals surface area contributed by atoms with E-state index in [1.165, 1.54) is 12.1 Å². The van der Waals surface area contributed by atoms with Crippen molar-refractivity contribution in [1.82, 2.24) is 20.2 Å². The average molecular weight is 262 g/mol. The van der Waals surface area contributed by atoms with Gasteiger partial charge in [-0.25, -0.2) is 9.37 Å². The van der Waals surface area contributed by atoms with Crippen molar-refractivity contribution in [1.29, 1.82) is 0 Å². The summed E-state index contributed by atoms with van der Waals surface area (Å²) < 4.78 is 13.2. The lowest BCUT2D eigenvalue weighted by atomic mass is 10.2. The molecule has 3 rings (SSSR count). The fourth-order valence-corrected chi connectivity index (χ4v) is 2.44. The van der Waals surface area contributed by atoms with Gasteiger partial charge in [-0.05, 0) is 18.2 Å². The highest BCUT2D eigenvalue weighted by atomic mass is 32.2. The van der Waals surface area contributed by atoms with E-state index >= 15 is 0 Å². The molecule has 92 valence electrons. The fraction of sp³-hybridized carbons (Fsp3) is 0.250. The molecular formula is C12H11FN4S. The molecule has 0 radical (unpaired) electrons. The van der Waals surface area contributed by atoms with Crippen LogP contribution in [0.5, 0.6) is 0 Å². The zero-order chi connectivity index (χ0) is 12.7. The minimum atomic E-state index is -0.286. The van der Waals surface area contributed by atoms with E-state index in [1.54, 1.807) is 17.8 Å². The normalized spacial score (nSPS) is 11.8. The van der Waals surface area contributed by atoms with Gasteiger partial charge in [-0.2, -0.15) is 0 Å². The number of nitrogens with zero attached hydrogens (tertiary/aromatic N) is 3. The highest BCUT2D eigenvalue weighted by molar-refractivity contribution is 7.99. The van der Waals surface area contributed by atoms with Gasteiger partial charge in [0.05, 0.1) is 0 Å². The Morgan fingerprint density at radius 2 is 2.11 bits per heavy atom. The number of halogens is 1. The Morgan fingerprint density at radius 1 is 1.28 bits per heavy atom. The molecule has 0 saturated heterocycles. The van der Waals surface area contributed by atoms with Crippen molar-refractivity contribution >= 4 is 33.8 Å². The minimum absolute atomic E-state index is 0.286. The van der Waals surface area contributed by atoms with Gasteiger partial charge in [-0.3, -0.25) is 0 Å². The van der Waals surface area contributed by atoms with Crippen LogP contribution in [0.2, 0.25) is 0 Å². The van der Waals surface area contributed by atoms with E-state index in [0.717, 1.165) is 5.52 Å². The second-order valence-corrected chi connectivity index (χ2v) is 5.82. The summed E-state index contributed by atoms with van der Waals surface area (Å²) in [5.41, 5.74) is 2.08. The molecule has 1 aromatic carbocycles. The van der Waals surface area contributed by atoms with Crippen molar-refractivity contribution in [2.24, 2.45) is 0 Å². The molecule has 4 nitrogen and oxygen atoms in total. The Kier molecular flexibility index (Phi) is 2.66. The largest absolute Gasteiger partial charge is 0.338 e. The Labute approximate surface area is 107 Å². The van der Waals surface area contributed by atoms with Crippen molar-refractivity contribution in [2.45, 2.75) is 24.3 Å². The number of hydrogen-bond acceptors (Lipinski definition) is 4. The van der Waals surface area contributed by atoms with Gasteiger partial charge >= 0.3 is 0 Å². The SMILES string of the molecule is CC(C)Sc1nnc2c(n1)[nH]c1ccc(F)cc12. The van der Waals surface area contributed by atoms with Gasteiger partial charge in [0.1, 0.15) is 11.3 Å². The molecule has 0 fully saturated rings. The fourth-order valence-electron chi connectivity index (χ4n) is 1.79. The third kappa shape index (κ3) is 1.92. The highest BCUT2D eigenvalue weighted by Crippen LogP contribution is 2.25. The number of aromatic nitrogens is 4. The van der Waals surface area contributed by atoms with Gasteiger partial charge in [-0.1, -0.05) is 25.6 Å². The van der Waals surface area contributed by atoms with E-state index in [2.05, 4.69) is 34.0 Å². The summed E-state index contributed by atoms with van der Waals surface area (Å²) in [6.45, 7) is 4.14. The third-order valence-corrected chi connectivity index (χ3v) is 3.35. The lowest BCUT2D eigenvalue weighted by molar-refractivity contribution is 0.630. The van der Waals surface area contributed by atoms with E-state index in [-0.39, 0.29) is 5.82 Å². The van der Waals surface area contributed by atoms with Crippen LogP contribution in [0.1, 0.15) is 13.8 Å². The number of rotatable bonds is 2. The number of thioether (sulfide) groups is 1. The van der Waals surface area contributed by atoms with Crippen LogP contribution in [0.15, 0.2) is 23.4 Å². The van der Waals surface area contributed by atoms with Gasteiger partial charge in [0.25, 0.3) is 0 Å². The van der Waals surface area contributed by atoms with Gasteiger partial charge in [-0.15, -0.1) is 10.2 Å². The van der Waals surface area contributed by atoms with Crippen molar-refractivity contribution in [2.75, 3.05) is 0 Å². The first-order valence-corrected chi connectivity index (χ1v) is 6.50. The summed E-state index contributed by atoms with van der Waals surface area (Å²) in [6, 6.07) is 4.54. The van der Waals surface area contributed by atoms with E-state index in [0.29, 0.717) is 27.0 Å². The molecule has 0 bridgehead atoms. The average Bonchev–Trinajstić information content (AvgIpc) is 2.65. The lowest BCUT2D eigenvalue weighted by Crippen LogP contribution is -1.95. The molecule has 0 aliphatic rings. The van der Waals surface area contributed by atoms with Crippen LogP contribution < -0.4 is 0 Å². The zero-order valence-corrected chi connectivity index (χ0v) is 10.8. The van der Waals surface area contributed by atoms with Gasteiger partial charge in [0.15, 0.2) is 5.65 Å². The summed E-state index contributed by atoms with van der Waals surface area (Å²) in [4.78, 5) is 7.52. The Morgan fingerprint density at radius 3 is 2.89 bits per heavy atom. The van der Waals surface area contributed by atoms with Crippen molar-refractivity contribution < 1.29 is 4.39 Å². The number of benzene rings is 1. The van der Waals surface area contributed by atoms with Crippen LogP contribution in [0, 0.1) is 5.82 Å². The molecular weight excluding hydrogens is 251 g/mol. The molecule has 3 aromatic rings. The summed E-state index contributed by atoms with van der Waals surface area (Å²) in [6.07, 6.45) is 0. The Balaban J connectivity index is 2.20. The molecule has 0 amide bonds. The zero-order valence-electron chi connectivity index (χ0n) is 9.94. The molecule has 2 heterocycles. The van der Waals surface area contributed by atoms with Crippen molar-refractivity contribution in [3.8, 4) is 0 Å². The summed E-state index contributed by atoms with van der Waals surface area (Å²) in [5, 5.41) is 9.93. The van der Waals surface area contributed by atoms with Gasteiger partial charge in [0.2, 0.25) is 5.16 Å². The predicted octanol–water partition coefficient (Wildman–Crippen LogP) is 3.15. The minimum Gasteiger partial charge on any atom is -0.338 e. The van der Waals surface area contributed by atoms with E-state index in [4.69, 9.17) is 0 Å². The maximum atomic E-state index is 13.2. The van der Waals surface area contributed by atoms with Crippen LogP contribution in [-0.2, 0) is 0 Å². The quantitative estimate of drug-likeness (QED) is 0.721. The van der Waals surface area contributed by atoms with Gasteiger partial charge in [0, 0.05) is 16.2 Å². The maximum Gasteiger partial charge on any atom is 0.211 e. The van der Waals surface area contributed by atoms with Crippen LogP contribution in [0.4, 0.5) is 4.39 Å². The first-order valence-electron chi connectivity index (χ1n) is 5.62. The number of hydrogen-bond donors (Lipinski definition) is 1. The third-order valence-electron chi connectivity index (χ3n) is 2.50. The molecule has 0 saturated carbocycles. The molecule has 2 aromatic heterocycles. The molecule has 0 atom stereocenters. The molecule has 1 N–H and O–H groups in total. The van der Waals surface area contributed by atoms with Crippen LogP contribution in [-0.4, -0.2) is 25.4 Å². The molecule has 0 aliphatic heterocycles. The molecule has 0 unspecified atom stereocenters. The van der Waals surface area contributed by atoms with Crippen LogP contribution >= 0.6 is 11.8 Å². The monoisotopic (exact) mass is 262 g/mol. The first kappa shape index (κ1) is 11.4. The maximum absolute atomic E-state index is 13.2. The van der Waals surface area contributed by atoms with Gasteiger partial charge < -0.3 is 4.98 Å². The smallest absolute Gasteiger partial charge is 0.211 e. The summed E-state index contributed by atoms with van der Waals surface area (Å²) >= 11 is 1.55. The Hall–Kier alpha value is -1.69.